The molecule has 2 aromatic heterocycles. The van der Waals surface area contributed by atoms with Gasteiger partial charge in [0, 0.05) is 41.6 Å². The number of fused-ring (bicyclic) bond motifs is 2. The van der Waals surface area contributed by atoms with E-state index in [1.54, 1.807) is 12.4 Å². The molecule has 0 spiro atoms. The van der Waals surface area contributed by atoms with Gasteiger partial charge in [0.2, 0.25) is 11.7 Å². The predicted molar refractivity (Wildman–Crippen MR) is 108 cm³/mol. The first-order chi connectivity index (χ1) is 14.2. The molecule has 2 fully saturated rings. The molecule has 2 bridgehead atoms. The van der Waals surface area contributed by atoms with Crippen molar-refractivity contribution < 1.29 is 9.32 Å². The highest BCUT2D eigenvalue weighted by molar-refractivity contribution is 5.90. The standard InChI is InChI=1S/C22H23N5O2/c1-14-5-2-3-7-19(14)24-22(28)27-17-8-9-18(27)12-16(11-17)21-25-20(26-29-21)15-6-4-10-23-13-15/h2-7,10,13,16-18H,8-9,11-12H2,1H3,(H,24,28). The Kier molecular flexibility index (Phi) is 4.50. The number of nitrogens with one attached hydrogen (secondary N) is 1. The van der Waals surface area contributed by atoms with Crippen LogP contribution in [0.15, 0.2) is 53.3 Å². The number of pyridine rings is 1. The van der Waals surface area contributed by atoms with Crippen LogP contribution in [0, 0.1) is 6.92 Å². The second kappa shape index (κ2) is 7.31. The normalized spacial score (nSPS) is 23.2. The van der Waals surface area contributed by atoms with E-state index in [-0.39, 0.29) is 24.0 Å². The molecule has 29 heavy (non-hydrogen) atoms. The molecular weight excluding hydrogens is 366 g/mol. The van der Waals surface area contributed by atoms with Gasteiger partial charge >= 0.3 is 6.03 Å². The summed E-state index contributed by atoms with van der Waals surface area (Å²) < 4.78 is 5.58. The maximum absolute atomic E-state index is 13.0. The number of amides is 2. The number of benzene rings is 1. The van der Waals surface area contributed by atoms with Gasteiger partial charge in [-0.25, -0.2) is 4.79 Å². The number of anilines is 1. The van der Waals surface area contributed by atoms with Gasteiger partial charge < -0.3 is 14.7 Å². The van der Waals surface area contributed by atoms with E-state index in [0.717, 1.165) is 42.5 Å². The highest BCUT2D eigenvalue weighted by Crippen LogP contribution is 2.43. The summed E-state index contributed by atoms with van der Waals surface area (Å²) in [6, 6.07) is 12.1. The third kappa shape index (κ3) is 3.37. The van der Waals surface area contributed by atoms with Crippen molar-refractivity contribution in [2.24, 2.45) is 0 Å². The Morgan fingerprint density at radius 3 is 2.66 bits per heavy atom. The first kappa shape index (κ1) is 17.8. The highest BCUT2D eigenvalue weighted by Gasteiger charge is 2.45. The van der Waals surface area contributed by atoms with Crippen molar-refractivity contribution in [3.05, 3.63) is 60.2 Å². The summed E-state index contributed by atoms with van der Waals surface area (Å²) in [5.41, 5.74) is 2.79. The van der Waals surface area contributed by atoms with E-state index in [1.165, 1.54) is 0 Å². The van der Waals surface area contributed by atoms with Crippen LogP contribution in [-0.2, 0) is 0 Å². The fraction of sp³-hybridized carbons (Fsp3) is 0.364. The van der Waals surface area contributed by atoms with Gasteiger partial charge in [-0.05, 0) is 56.4 Å². The number of hydrogen-bond acceptors (Lipinski definition) is 5. The van der Waals surface area contributed by atoms with Crippen LogP contribution in [0.4, 0.5) is 10.5 Å². The predicted octanol–water partition coefficient (Wildman–Crippen LogP) is 4.38. The van der Waals surface area contributed by atoms with E-state index in [9.17, 15) is 4.79 Å². The fourth-order valence-corrected chi connectivity index (χ4v) is 4.62. The van der Waals surface area contributed by atoms with Gasteiger partial charge in [0.05, 0.1) is 0 Å². The summed E-state index contributed by atoms with van der Waals surface area (Å²) in [7, 11) is 0. The largest absolute Gasteiger partial charge is 0.339 e. The minimum atomic E-state index is -0.00757. The summed E-state index contributed by atoms with van der Waals surface area (Å²) in [4.78, 5) is 23.7. The van der Waals surface area contributed by atoms with E-state index in [2.05, 4.69) is 20.4 Å². The molecule has 0 aliphatic carbocycles. The van der Waals surface area contributed by atoms with Gasteiger partial charge in [0.15, 0.2) is 0 Å². The molecule has 0 radical (unpaired) electrons. The summed E-state index contributed by atoms with van der Waals surface area (Å²) in [5, 5.41) is 7.22. The summed E-state index contributed by atoms with van der Waals surface area (Å²) in [6.07, 6.45) is 7.20. The Balaban J connectivity index is 1.30. The molecule has 7 nitrogen and oxygen atoms in total. The monoisotopic (exact) mass is 389 g/mol. The minimum absolute atomic E-state index is 0.00757. The molecular formula is C22H23N5O2. The summed E-state index contributed by atoms with van der Waals surface area (Å²) in [6.45, 7) is 2.01. The lowest BCUT2D eigenvalue weighted by molar-refractivity contribution is 0.140. The number of hydrogen-bond donors (Lipinski definition) is 1. The Bertz CT molecular complexity index is 1000. The van der Waals surface area contributed by atoms with Crippen LogP contribution in [0.1, 0.15) is 43.1 Å². The number of nitrogens with zero attached hydrogens (tertiary/aromatic N) is 4. The van der Waals surface area contributed by atoms with Gasteiger partial charge in [-0.15, -0.1) is 0 Å². The first-order valence-electron chi connectivity index (χ1n) is 10.1. The second-order valence-corrected chi connectivity index (χ2v) is 7.90. The molecule has 148 valence electrons. The molecule has 1 aromatic carbocycles. The smallest absolute Gasteiger partial charge is 0.322 e. The van der Waals surface area contributed by atoms with Gasteiger partial charge in [0.1, 0.15) is 0 Å². The zero-order chi connectivity index (χ0) is 19.8. The minimum Gasteiger partial charge on any atom is -0.339 e. The Morgan fingerprint density at radius 2 is 1.93 bits per heavy atom. The van der Waals surface area contributed by atoms with Crippen molar-refractivity contribution in [2.45, 2.75) is 50.6 Å². The number of aryl methyl sites for hydroxylation is 1. The van der Waals surface area contributed by atoms with Gasteiger partial charge in [0.25, 0.3) is 0 Å². The number of urea groups is 1. The van der Waals surface area contributed by atoms with Crippen molar-refractivity contribution in [2.75, 3.05) is 5.32 Å². The van der Waals surface area contributed by atoms with Crippen LogP contribution >= 0.6 is 0 Å². The molecule has 7 heteroatoms. The molecule has 0 saturated carbocycles. The molecule has 2 amide bonds. The summed E-state index contributed by atoms with van der Waals surface area (Å²) >= 11 is 0. The lowest BCUT2D eigenvalue weighted by Crippen LogP contribution is -2.48. The lowest BCUT2D eigenvalue weighted by Gasteiger charge is -2.37. The van der Waals surface area contributed by atoms with Crippen molar-refractivity contribution in [3.8, 4) is 11.4 Å². The van der Waals surface area contributed by atoms with Crippen molar-refractivity contribution in [1.82, 2.24) is 20.0 Å². The zero-order valence-corrected chi connectivity index (χ0v) is 16.3. The van der Waals surface area contributed by atoms with Crippen molar-refractivity contribution in [1.29, 1.82) is 0 Å². The Labute approximate surface area is 169 Å². The fourth-order valence-electron chi connectivity index (χ4n) is 4.62. The number of carbonyl (C=O) groups is 1. The van der Waals surface area contributed by atoms with Gasteiger partial charge in [-0.2, -0.15) is 4.98 Å². The summed E-state index contributed by atoms with van der Waals surface area (Å²) in [5.74, 6) is 1.42. The van der Waals surface area contributed by atoms with E-state index < -0.39 is 0 Å². The van der Waals surface area contributed by atoms with Gasteiger partial charge in [-0.1, -0.05) is 23.4 Å². The van der Waals surface area contributed by atoms with Crippen LogP contribution in [0.2, 0.25) is 0 Å². The second-order valence-electron chi connectivity index (χ2n) is 7.90. The van der Waals surface area contributed by atoms with Gasteiger partial charge in [-0.3, -0.25) is 4.98 Å². The van der Waals surface area contributed by atoms with E-state index >= 15 is 0 Å². The average molecular weight is 389 g/mol. The zero-order valence-electron chi connectivity index (χ0n) is 16.3. The van der Waals surface area contributed by atoms with Crippen LogP contribution in [0.5, 0.6) is 0 Å². The van der Waals surface area contributed by atoms with E-state index in [1.807, 2.05) is 48.2 Å². The number of carbonyl (C=O) groups excluding carboxylic acids is 1. The number of rotatable bonds is 3. The van der Waals surface area contributed by atoms with Crippen molar-refractivity contribution in [3.63, 3.8) is 0 Å². The molecule has 4 heterocycles. The molecule has 1 N–H and O–H groups in total. The topological polar surface area (TPSA) is 84.2 Å². The first-order valence-corrected chi connectivity index (χ1v) is 10.1. The molecule has 3 aromatic rings. The SMILES string of the molecule is Cc1ccccc1NC(=O)N1C2CCC1CC(c1nc(-c3cccnc3)no1)C2. The van der Waals surface area contributed by atoms with Crippen LogP contribution in [-0.4, -0.2) is 38.1 Å². The number of piperidine rings is 1. The maximum atomic E-state index is 13.0. The third-order valence-electron chi connectivity index (χ3n) is 6.06. The molecule has 2 unspecified atom stereocenters. The van der Waals surface area contributed by atoms with Crippen LogP contribution in [0.25, 0.3) is 11.4 Å². The molecule has 5 rings (SSSR count). The molecule has 2 aliphatic heterocycles. The third-order valence-corrected chi connectivity index (χ3v) is 6.06. The average Bonchev–Trinajstić information content (AvgIpc) is 3.33. The lowest BCUT2D eigenvalue weighted by atomic mass is 9.91. The molecule has 2 saturated heterocycles. The Hall–Kier alpha value is -3.22. The number of aromatic nitrogens is 3. The molecule has 2 aliphatic rings. The molecule has 2 atom stereocenters. The van der Waals surface area contributed by atoms with Crippen LogP contribution < -0.4 is 5.32 Å². The van der Waals surface area contributed by atoms with Crippen molar-refractivity contribution >= 4 is 11.7 Å². The quantitative estimate of drug-likeness (QED) is 0.718. The highest BCUT2D eigenvalue weighted by atomic mass is 16.5. The van der Waals surface area contributed by atoms with E-state index in [0.29, 0.717) is 11.7 Å². The maximum Gasteiger partial charge on any atom is 0.322 e. The Morgan fingerprint density at radius 1 is 1.14 bits per heavy atom. The van der Waals surface area contributed by atoms with E-state index in [4.69, 9.17) is 4.52 Å². The number of para-hydroxylation sites is 1. The van der Waals surface area contributed by atoms with Crippen LogP contribution in [0.3, 0.4) is 0 Å².